The third kappa shape index (κ3) is 2.05. The molecule has 0 aliphatic heterocycles. The van der Waals surface area contributed by atoms with Crippen LogP contribution < -0.4 is 0 Å². The van der Waals surface area contributed by atoms with Gasteiger partial charge < -0.3 is 5.11 Å². The monoisotopic (exact) mass is 316 g/mol. The lowest BCUT2D eigenvalue weighted by Crippen LogP contribution is -2.63. The second-order valence-corrected chi connectivity index (χ2v) is 8.96. The number of ketones is 2. The molecule has 23 heavy (non-hydrogen) atoms. The maximum absolute atomic E-state index is 12.7. The molecule has 5 atom stereocenters. The summed E-state index contributed by atoms with van der Waals surface area (Å²) in [6.07, 6.45) is 7.62. The smallest absolute Gasteiger partial charge is 0.161 e. The summed E-state index contributed by atoms with van der Waals surface area (Å²) in [5.41, 5.74) is -2.25. The highest BCUT2D eigenvalue weighted by molar-refractivity contribution is 5.96. The Morgan fingerprint density at radius 2 is 1.87 bits per heavy atom. The first-order valence-corrected chi connectivity index (χ1v) is 8.62. The van der Waals surface area contributed by atoms with Gasteiger partial charge >= 0.3 is 0 Å². The van der Waals surface area contributed by atoms with E-state index in [2.05, 4.69) is 13.5 Å². The lowest BCUT2D eigenvalue weighted by atomic mass is 9.43. The van der Waals surface area contributed by atoms with Gasteiger partial charge in [-0.25, -0.2) is 0 Å². The second kappa shape index (κ2) is 4.66. The quantitative estimate of drug-likeness (QED) is 0.754. The fourth-order valence-corrected chi connectivity index (χ4v) is 5.67. The molecule has 2 fully saturated rings. The molecule has 3 rings (SSSR count). The molecule has 3 aliphatic rings. The van der Waals surface area contributed by atoms with E-state index in [1.807, 2.05) is 26.8 Å². The van der Waals surface area contributed by atoms with Crippen LogP contribution in [-0.2, 0) is 9.59 Å². The van der Waals surface area contributed by atoms with E-state index in [0.717, 1.165) is 6.42 Å². The Bertz CT molecular complexity index is 616. The van der Waals surface area contributed by atoms with E-state index in [1.54, 1.807) is 12.2 Å². The summed E-state index contributed by atoms with van der Waals surface area (Å²) in [4.78, 5) is 25.1. The standard InChI is InChI=1S/C20H28O3/c1-6-18(4)12-20(23)10-7-13-17(2,3)15(21)8-9-19(13,5)14(20)11-16(18)22/h6,8-9,13-14,23H,1,7,10-12H2,2-5H3/t13-,14+,18+,19-,20+/m0/s1. The first-order valence-electron chi connectivity index (χ1n) is 8.62. The zero-order chi connectivity index (χ0) is 17.3. The SMILES string of the molecule is C=C[C@]1(C)C[C@]2(O)CC[C@H]3C(C)(C)C(=O)C=C[C@]3(C)[C@H]2CC1=O. The van der Waals surface area contributed by atoms with E-state index in [1.165, 1.54) is 0 Å². The zero-order valence-corrected chi connectivity index (χ0v) is 14.7. The normalized spacial score (nSPS) is 48.6. The van der Waals surface area contributed by atoms with Crippen LogP contribution in [0.3, 0.4) is 0 Å². The number of hydrogen-bond acceptors (Lipinski definition) is 3. The molecular weight excluding hydrogens is 288 g/mol. The molecule has 0 radical (unpaired) electrons. The molecule has 3 heteroatoms. The number of Topliss-reactive ketones (excluding diaryl/α,β-unsaturated/α-hetero) is 1. The lowest BCUT2D eigenvalue weighted by Gasteiger charge is -2.61. The van der Waals surface area contributed by atoms with Gasteiger partial charge in [-0.1, -0.05) is 32.9 Å². The molecule has 0 aromatic heterocycles. The third-order valence-electron chi connectivity index (χ3n) is 7.27. The van der Waals surface area contributed by atoms with E-state index >= 15 is 0 Å². The lowest BCUT2D eigenvalue weighted by molar-refractivity contribution is -0.183. The molecule has 0 amide bonds. The molecule has 0 heterocycles. The Morgan fingerprint density at radius 1 is 1.22 bits per heavy atom. The predicted molar refractivity (Wildman–Crippen MR) is 89.7 cm³/mol. The van der Waals surface area contributed by atoms with E-state index in [9.17, 15) is 14.7 Å². The molecule has 0 aromatic rings. The van der Waals surface area contributed by atoms with Crippen LogP contribution in [-0.4, -0.2) is 22.3 Å². The van der Waals surface area contributed by atoms with Crippen LogP contribution in [0.1, 0.15) is 53.4 Å². The minimum Gasteiger partial charge on any atom is -0.390 e. The van der Waals surface area contributed by atoms with Gasteiger partial charge in [0.25, 0.3) is 0 Å². The number of rotatable bonds is 1. The first-order chi connectivity index (χ1) is 10.5. The van der Waals surface area contributed by atoms with Crippen LogP contribution in [0, 0.1) is 28.1 Å². The summed E-state index contributed by atoms with van der Waals surface area (Å²) in [5, 5.41) is 11.4. The van der Waals surface area contributed by atoms with E-state index in [4.69, 9.17) is 0 Å². The van der Waals surface area contributed by atoms with Crippen molar-refractivity contribution in [2.75, 3.05) is 0 Å². The van der Waals surface area contributed by atoms with Gasteiger partial charge in [-0.15, -0.1) is 6.58 Å². The van der Waals surface area contributed by atoms with Crippen LogP contribution in [0.25, 0.3) is 0 Å². The molecule has 0 unspecified atom stereocenters. The van der Waals surface area contributed by atoms with Crippen LogP contribution in [0.5, 0.6) is 0 Å². The van der Waals surface area contributed by atoms with Gasteiger partial charge in [-0.2, -0.15) is 0 Å². The van der Waals surface area contributed by atoms with Crippen molar-refractivity contribution in [3.05, 3.63) is 24.8 Å². The Morgan fingerprint density at radius 3 is 2.48 bits per heavy atom. The molecule has 0 spiro atoms. The molecule has 2 saturated carbocycles. The highest BCUT2D eigenvalue weighted by atomic mass is 16.3. The van der Waals surface area contributed by atoms with Crippen molar-refractivity contribution in [3.63, 3.8) is 0 Å². The fourth-order valence-electron chi connectivity index (χ4n) is 5.67. The minimum atomic E-state index is -0.858. The van der Waals surface area contributed by atoms with Crippen LogP contribution >= 0.6 is 0 Å². The molecule has 1 N–H and O–H groups in total. The molecule has 0 aromatic carbocycles. The topological polar surface area (TPSA) is 54.4 Å². The van der Waals surface area contributed by atoms with Crippen LogP contribution in [0.4, 0.5) is 0 Å². The van der Waals surface area contributed by atoms with Crippen molar-refractivity contribution in [1.29, 1.82) is 0 Å². The number of carbonyl (C=O) groups excluding carboxylic acids is 2. The Kier molecular flexibility index (Phi) is 3.37. The van der Waals surface area contributed by atoms with Gasteiger partial charge in [0.15, 0.2) is 5.78 Å². The largest absolute Gasteiger partial charge is 0.390 e. The summed E-state index contributed by atoms with van der Waals surface area (Å²) in [7, 11) is 0. The Hall–Kier alpha value is -1.22. The van der Waals surface area contributed by atoms with Gasteiger partial charge in [-0.3, -0.25) is 9.59 Å². The summed E-state index contributed by atoms with van der Waals surface area (Å²) < 4.78 is 0. The average molecular weight is 316 g/mol. The Balaban J connectivity index is 2.07. The molecule has 126 valence electrons. The van der Waals surface area contributed by atoms with Crippen molar-refractivity contribution in [2.24, 2.45) is 28.1 Å². The Labute approximate surface area is 138 Å². The first kappa shape index (κ1) is 16.6. The molecular formula is C20H28O3. The highest BCUT2D eigenvalue weighted by Gasteiger charge is 2.63. The highest BCUT2D eigenvalue weighted by Crippen LogP contribution is 2.63. The minimum absolute atomic E-state index is 0.127. The van der Waals surface area contributed by atoms with Crippen molar-refractivity contribution in [2.45, 2.75) is 59.0 Å². The predicted octanol–water partition coefficient (Wildman–Crippen LogP) is 3.47. The van der Waals surface area contributed by atoms with Gasteiger partial charge in [0, 0.05) is 23.2 Å². The summed E-state index contributed by atoms with van der Waals surface area (Å²) in [6, 6.07) is 0. The summed E-state index contributed by atoms with van der Waals surface area (Å²) >= 11 is 0. The number of hydrogen-bond donors (Lipinski definition) is 1. The second-order valence-electron chi connectivity index (χ2n) is 8.96. The van der Waals surface area contributed by atoms with Gasteiger partial charge in [0.05, 0.1) is 5.60 Å². The maximum atomic E-state index is 12.7. The van der Waals surface area contributed by atoms with Gasteiger partial charge in [0.1, 0.15) is 5.78 Å². The summed E-state index contributed by atoms with van der Waals surface area (Å²) in [5.74, 6) is 0.354. The number of allylic oxidation sites excluding steroid dienone is 3. The molecule has 0 saturated heterocycles. The van der Waals surface area contributed by atoms with Crippen molar-refractivity contribution >= 4 is 11.6 Å². The molecule has 0 bridgehead atoms. The third-order valence-corrected chi connectivity index (χ3v) is 7.27. The molecule has 3 nitrogen and oxygen atoms in total. The van der Waals surface area contributed by atoms with E-state index < -0.39 is 16.4 Å². The fraction of sp³-hybridized carbons (Fsp3) is 0.700. The average Bonchev–Trinajstić information content (AvgIpc) is 2.46. The van der Waals surface area contributed by atoms with E-state index in [0.29, 0.717) is 19.3 Å². The van der Waals surface area contributed by atoms with Crippen molar-refractivity contribution in [3.8, 4) is 0 Å². The molecule has 3 aliphatic carbocycles. The summed E-state index contributed by atoms with van der Waals surface area (Å²) in [6.45, 7) is 11.8. The van der Waals surface area contributed by atoms with Crippen molar-refractivity contribution < 1.29 is 14.7 Å². The van der Waals surface area contributed by atoms with Gasteiger partial charge in [-0.05, 0) is 43.6 Å². The van der Waals surface area contributed by atoms with Crippen LogP contribution in [0.2, 0.25) is 0 Å². The number of aliphatic hydroxyl groups is 1. The van der Waals surface area contributed by atoms with E-state index in [-0.39, 0.29) is 28.8 Å². The number of fused-ring (bicyclic) bond motifs is 3. The van der Waals surface area contributed by atoms with Crippen LogP contribution in [0.15, 0.2) is 24.8 Å². The van der Waals surface area contributed by atoms with Gasteiger partial charge in [0.2, 0.25) is 0 Å². The van der Waals surface area contributed by atoms with Crippen molar-refractivity contribution in [1.82, 2.24) is 0 Å². The maximum Gasteiger partial charge on any atom is 0.161 e. The zero-order valence-electron chi connectivity index (χ0n) is 14.7. The number of carbonyl (C=O) groups is 2.